The van der Waals surface area contributed by atoms with E-state index in [-0.39, 0.29) is 24.1 Å². The van der Waals surface area contributed by atoms with E-state index in [4.69, 9.17) is 4.74 Å². The molecule has 9 nitrogen and oxygen atoms in total. The smallest absolute Gasteiger partial charge is 0.239 e. The van der Waals surface area contributed by atoms with E-state index in [9.17, 15) is 9.59 Å². The summed E-state index contributed by atoms with van der Waals surface area (Å²) in [6.07, 6.45) is 0. The number of hydrogen-bond acceptors (Lipinski definition) is 7. The van der Waals surface area contributed by atoms with E-state index in [2.05, 4.69) is 31.8 Å². The fourth-order valence-electron chi connectivity index (χ4n) is 2.94. The summed E-state index contributed by atoms with van der Waals surface area (Å²) >= 11 is 1.29. The van der Waals surface area contributed by atoms with Crippen molar-refractivity contribution in [3.8, 4) is 5.69 Å². The second-order valence-corrected chi connectivity index (χ2v) is 7.52. The van der Waals surface area contributed by atoms with Crippen molar-refractivity contribution in [2.24, 2.45) is 0 Å². The van der Waals surface area contributed by atoms with Gasteiger partial charge < -0.3 is 20.3 Å². The molecule has 2 heterocycles. The highest BCUT2D eigenvalue weighted by Crippen LogP contribution is 2.27. The molecule has 2 amide bonds. The Morgan fingerprint density at radius 1 is 1.17 bits per heavy atom. The zero-order valence-corrected chi connectivity index (χ0v) is 17.5. The van der Waals surface area contributed by atoms with Gasteiger partial charge in [-0.2, -0.15) is 0 Å². The average Bonchev–Trinajstić information content (AvgIpc) is 3.15. The van der Waals surface area contributed by atoms with Crippen LogP contribution in [0, 0.1) is 6.92 Å². The van der Waals surface area contributed by atoms with Gasteiger partial charge in [0.15, 0.2) is 5.16 Å². The number of carbonyl (C=O) groups is 2. The lowest BCUT2D eigenvalue weighted by atomic mass is 10.2. The number of nitrogens with one attached hydrogen (secondary N) is 2. The molecule has 0 bridgehead atoms. The summed E-state index contributed by atoms with van der Waals surface area (Å²) in [4.78, 5) is 25.8. The summed E-state index contributed by atoms with van der Waals surface area (Å²) in [6, 6.07) is 8.08. The number of carbonyl (C=O) groups excluding carboxylic acids is 2. The Bertz CT molecular complexity index is 850. The number of hydrogen-bond donors (Lipinski definition) is 2. The van der Waals surface area contributed by atoms with Crippen molar-refractivity contribution >= 4 is 29.5 Å². The van der Waals surface area contributed by atoms with Gasteiger partial charge in [0.25, 0.3) is 0 Å². The van der Waals surface area contributed by atoms with Crippen LogP contribution in [0.25, 0.3) is 5.69 Å². The summed E-state index contributed by atoms with van der Waals surface area (Å²) in [5, 5.41) is 14.6. The van der Waals surface area contributed by atoms with Gasteiger partial charge in [-0.05, 0) is 31.5 Å². The Labute approximate surface area is 174 Å². The summed E-state index contributed by atoms with van der Waals surface area (Å²) < 4.78 is 7.42. The first-order chi connectivity index (χ1) is 14.1. The van der Waals surface area contributed by atoms with Crippen LogP contribution in [0.5, 0.6) is 0 Å². The standard InChI is InChI=1S/C19H26N6O3S/c1-3-20-16(26)12-21-17(27)13-29-19-23-22-18(24-7-9-28-10-8-24)25(19)15-6-4-5-14(2)11-15/h4-6,11H,3,7-10,12-13H2,1-2H3,(H,20,26)(H,21,27). The van der Waals surface area contributed by atoms with Crippen LogP contribution in [0.2, 0.25) is 0 Å². The molecule has 10 heteroatoms. The third-order valence-electron chi connectivity index (χ3n) is 4.32. The minimum absolute atomic E-state index is 0.0309. The van der Waals surface area contributed by atoms with Gasteiger partial charge in [-0.25, -0.2) is 0 Å². The summed E-state index contributed by atoms with van der Waals surface area (Å²) in [7, 11) is 0. The zero-order chi connectivity index (χ0) is 20.6. The van der Waals surface area contributed by atoms with Crippen LogP contribution < -0.4 is 15.5 Å². The molecule has 3 rings (SSSR count). The van der Waals surface area contributed by atoms with Gasteiger partial charge in [-0.3, -0.25) is 14.2 Å². The van der Waals surface area contributed by atoms with E-state index in [0.717, 1.165) is 30.3 Å². The molecule has 1 aromatic carbocycles. The molecule has 2 aromatic rings. The van der Waals surface area contributed by atoms with Crippen LogP contribution in [0.1, 0.15) is 12.5 Å². The molecule has 0 saturated carbocycles. The number of benzene rings is 1. The molecule has 156 valence electrons. The van der Waals surface area contributed by atoms with Crippen LogP contribution in [-0.2, 0) is 14.3 Å². The first kappa shape index (κ1) is 21.1. The highest BCUT2D eigenvalue weighted by atomic mass is 32.2. The fraction of sp³-hybridized carbons (Fsp3) is 0.474. The molecular weight excluding hydrogens is 392 g/mol. The second kappa shape index (κ2) is 10.3. The number of anilines is 1. The first-order valence-corrected chi connectivity index (χ1v) is 10.6. The van der Waals surface area contributed by atoms with E-state index in [0.29, 0.717) is 24.9 Å². The van der Waals surface area contributed by atoms with E-state index in [1.807, 2.05) is 36.6 Å². The Balaban J connectivity index is 1.75. The number of aryl methyl sites for hydroxylation is 1. The minimum atomic E-state index is -0.229. The van der Waals surface area contributed by atoms with E-state index in [1.54, 1.807) is 0 Å². The maximum atomic E-state index is 12.1. The normalized spacial score (nSPS) is 13.9. The van der Waals surface area contributed by atoms with Crippen LogP contribution in [0.15, 0.2) is 29.4 Å². The molecule has 1 fully saturated rings. The monoisotopic (exact) mass is 418 g/mol. The number of ether oxygens (including phenoxy) is 1. The van der Waals surface area contributed by atoms with E-state index < -0.39 is 0 Å². The summed E-state index contributed by atoms with van der Waals surface area (Å²) in [6.45, 7) is 7.13. The van der Waals surface area contributed by atoms with Crippen molar-refractivity contribution in [2.75, 3.05) is 50.0 Å². The minimum Gasteiger partial charge on any atom is -0.378 e. The number of likely N-dealkylation sites (N-methyl/N-ethyl adjacent to an activating group) is 1. The van der Waals surface area contributed by atoms with Crippen LogP contribution in [0.4, 0.5) is 5.95 Å². The molecule has 29 heavy (non-hydrogen) atoms. The van der Waals surface area contributed by atoms with Crippen LogP contribution in [0.3, 0.4) is 0 Å². The van der Waals surface area contributed by atoms with Gasteiger partial charge in [0.2, 0.25) is 17.8 Å². The van der Waals surface area contributed by atoms with Crippen molar-refractivity contribution in [3.63, 3.8) is 0 Å². The van der Waals surface area contributed by atoms with Crippen molar-refractivity contribution in [1.82, 2.24) is 25.4 Å². The van der Waals surface area contributed by atoms with Crippen molar-refractivity contribution in [1.29, 1.82) is 0 Å². The lowest BCUT2D eigenvalue weighted by Gasteiger charge is -2.28. The topological polar surface area (TPSA) is 101 Å². The molecule has 0 aliphatic carbocycles. The quantitative estimate of drug-likeness (QED) is 0.610. The maximum absolute atomic E-state index is 12.1. The Morgan fingerprint density at radius 2 is 1.97 bits per heavy atom. The lowest BCUT2D eigenvalue weighted by molar-refractivity contribution is -0.124. The molecular formula is C19H26N6O3S. The van der Waals surface area contributed by atoms with Crippen molar-refractivity contribution in [2.45, 2.75) is 19.0 Å². The summed E-state index contributed by atoms with van der Waals surface area (Å²) in [5.74, 6) is 0.451. The van der Waals surface area contributed by atoms with E-state index in [1.165, 1.54) is 11.8 Å². The number of thioether (sulfide) groups is 1. The Hall–Kier alpha value is -2.59. The molecule has 0 unspecified atom stereocenters. The first-order valence-electron chi connectivity index (χ1n) is 9.60. The third-order valence-corrected chi connectivity index (χ3v) is 5.25. The number of rotatable bonds is 8. The Kier molecular flexibility index (Phi) is 7.48. The number of amides is 2. The summed E-state index contributed by atoms with van der Waals surface area (Å²) in [5.41, 5.74) is 2.07. The molecule has 1 aromatic heterocycles. The van der Waals surface area contributed by atoms with Crippen molar-refractivity contribution in [3.05, 3.63) is 29.8 Å². The molecule has 2 N–H and O–H groups in total. The maximum Gasteiger partial charge on any atom is 0.239 e. The highest BCUT2D eigenvalue weighted by molar-refractivity contribution is 7.99. The molecule has 0 radical (unpaired) electrons. The third kappa shape index (κ3) is 5.70. The van der Waals surface area contributed by atoms with Gasteiger partial charge >= 0.3 is 0 Å². The molecule has 0 spiro atoms. The van der Waals surface area contributed by atoms with Gasteiger partial charge in [0.1, 0.15) is 0 Å². The average molecular weight is 419 g/mol. The molecule has 1 aliphatic rings. The zero-order valence-electron chi connectivity index (χ0n) is 16.7. The van der Waals surface area contributed by atoms with Crippen LogP contribution in [-0.4, -0.2) is 71.7 Å². The van der Waals surface area contributed by atoms with Gasteiger partial charge in [-0.1, -0.05) is 23.9 Å². The van der Waals surface area contributed by atoms with Crippen LogP contribution >= 0.6 is 11.8 Å². The van der Waals surface area contributed by atoms with E-state index >= 15 is 0 Å². The predicted octanol–water partition coefficient (Wildman–Crippen LogP) is 0.757. The molecule has 1 aliphatic heterocycles. The molecule has 1 saturated heterocycles. The predicted molar refractivity (Wildman–Crippen MR) is 112 cm³/mol. The second-order valence-electron chi connectivity index (χ2n) is 6.58. The van der Waals surface area contributed by atoms with Gasteiger partial charge in [0.05, 0.1) is 31.2 Å². The Morgan fingerprint density at radius 3 is 2.69 bits per heavy atom. The number of aromatic nitrogens is 3. The highest BCUT2D eigenvalue weighted by Gasteiger charge is 2.22. The SMILES string of the molecule is CCNC(=O)CNC(=O)CSc1nnc(N2CCOCC2)n1-c1cccc(C)c1. The molecule has 0 atom stereocenters. The fourth-order valence-corrected chi connectivity index (χ4v) is 3.71. The number of nitrogens with zero attached hydrogens (tertiary/aromatic N) is 4. The number of morpholine rings is 1. The largest absolute Gasteiger partial charge is 0.378 e. The lowest BCUT2D eigenvalue weighted by Crippen LogP contribution is -2.38. The van der Waals surface area contributed by atoms with Gasteiger partial charge in [-0.15, -0.1) is 10.2 Å². The van der Waals surface area contributed by atoms with Gasteiger partial charge in [0, 0.05) is 19.6 Å². The van der Waals surface area contributed by atoms with Crippen molar-refractivity contribution < 1.29 is 14.3 Å².